The van der Waals surface area contributed by atoms with E-state index in [1.165, 1.54) is 56.8 Å². The Morgan fingerprint density at radius 3 is 2.20 bits per heavy atom. The lowest BCUT2D eigenvalue weighted by Gasteiger charge is -2.28. The molecule has 1 aliphatic carbocycles. The summed E-state index contributed by atoms with van der Waals surface area (Å²) in [4.78, 5) is 0. The molecule has 0 amide bonds. The van der Waals surface area contributed by atoms with Crippen LogP contribution in [0.4, 0.5) is 0 Å². The van der Waals surface area contributed by atoms with E-state index >= 15 is 0 Å². The molecule has 1 aromatic rings. The van der Waals surface area contributed by atoms with Gasteiger partial charge in [0.25, 0.3) is 0 Å². The van der Waals surface area contributed by atoms with Gasteiger partial charge in [0.15, 0.2) is 7.28 Å². The minimum Gasteiger partial charge on any atom is -0.412 e. The van der Waals surface area contributed by atoms with Gasteiger partial charge in [-0.3, -0.25) is 0 Å². The van der Waals surface area contributed by atoms with E-state index in [9.17, 15) is 0 Å². The molecule has 1 radical (unpaired) electrons. The second-order valence-electron chi connectivity index (χ2n) is 5.85. The quantitative estimate of drug-likeness (QED) is 0.567. The summed E-state index contributed by atoms with van der Waals surface area (Å²) < 4.78 is 0. The van der Waals surface area contributed by atoms with Crippen molar-refractivity contribution in [3.05, 3.63) is 30.3 Å². The van der Waals surface area contributed by atoms with E-state index in [0.717, 1.165) is 11.7 Å². The van der Waals surface area contributed by atoms with Crippen LogP contribution in [0.3, 0.4) is 0 Å². The fourth-order valence-electron chi connectivity index (χ4n) is 3.16. The monoisotopic (exact) mass is 277 g/mol. The Kier molecular flexibility index (Phi) is 10.5. The summed E-state index contributed by atoms with van der Waals surface area (Å²) >= 11 is 0. The first kappa shape index (κ1) is 19.2. The molecular formula is C17H30BO2. The Morgan fingerprint density at radius 2 is 1.60 bits per heavy atom. The van der Waals surface area contributed by atoms with Crippen LogP contribution in [0.2, 0.25) is 5.82 Å². The Labute approximate surface area is 124 Å². The first-order chi connectivity index (χ1) is 8.88. The molecule has 0 aliphatic heterocycles. The molecule has 0 heterocycles. The third-order valence-corrected chi connectivity index (χ3v) is 4.34. The molecule has 2 rings (SSSR count). The molecule has 2 nitrogen and oxygen atoms in total. The second-order valence-corrected chi connectivity index (χ2v) is 5.85. The van der Waals surface area contributed by atoms with E-state index in [-0.39, 0.29) is 11.0 Å². The van der Waals surface area contributed by atoms with E-state index in [2.05, 4.69) is 44.5 Å². The zero-order valence-corrected chi connectivity index (χ0v) is 12.8. The molecule has 1 aromatic carbocycles. The lowest BCUT2D eigenvalue weighted by Crippen LogP contribution is -2.23. The van der Waals surface area contributed by atoms with Crippen LogP contribution < -0.4 is 5.46 Å². The first-order valence-electron chi connectivity index (χ1n) is 7.78. The number of rotatable bonds is 6. The third kappa shape index (κ3) is 6.58. The first-order valence-corrected chi connectivity index (χ1v) is 7.78. The smallest absolute Gasteiger partial charge is 0.154 e. The highest BCUT2D eigenvalue weighted by atomic mass is 16.0. The van der Waals surface area contributed by atoms with Crippen LogP contribution in [0, 0.1) is 5.92 Å². The molecule has 1 fully saturated rings. The Balaban J connectivity index is 0.00000180. The number of unbranched alkanes of at least 4 members (excludes halogenated alkanes) is 2. The average molecular weight is 277 g/mol. The highest BCUT2D eigenvalue weighted by molar-refractivity contribution is 6.54. The fraction of sp³-hybridized carbons (Fsp3) is 0.647. The van der Waals surface area contributed by atoms with E-state index in [0.29, 0.717) is 0 Å². The zero-order valence-electron chi connectivity index (χ0n) is 12.8. The van der Waals surface area contributed by atoms with Gasteiger partial charge in [-0.2, -0.15) is 0 Å². The standard InChI is InChI=1S/C17H26B.2H2O/c1-2-3-5-8-15-11-13-17(14-12-15)18-16-9-6-4-7-10-16;;/h4,6-7,9-10,15,17H,2-3,5,8,11-14H2,1H3;2*1H2. The van der Waals surface area contributed by atoms with Gasteiger partial charge in [0.2, 0.25) is 0 Å². The minimum atomic E-state index is 0. The Bertz CT molecular complexity index is 321. The molecule has 0 saturated heterocycles. The summed E-state index contributed by atoms with van der Waals surface area (Å²) in [6, 6.07) is 10.8. The predicted molar refractivity (Wildman–Crippen MR) is 88.9 cm³/mol. The summed E-state index contributed by atoms with van der Waals surface area (Å²) in [6.45, 7) is 2.30. The Morgan fingerprint density at radius 1 is 0.950 bits per heavy atom. The van der Waals surface area contributed by atoms with Crippen LogP contribution >= 0.6 is 0 Å². The zero-order chi connectivity index (χ0) is 12.6. The summed E-state index contributed by atoms with van der Waals surface area (Å²) in [5.41, 5.74) is 1.41. The molecule has 0 aromatic heterocycles. The largest absolute Gasteiger partial charge is 0.412 e. The van der Waals surface area contributed by atoms with Crippen molar-refractivity contribution in [1.82, 2.24) is 0 Å². The number of hydrogen-bond acceptors (Lipinski definition) is 0. The van der Waals surface area contributed by atoms with Crippen molar-refractivity contribution in [1.29, 1.82) is 0 Å². The van der Waals surface area contributed by atoms with Crippen molar-refractivity contribution in [2.24, 2.45) is 5.92 Å². The number of hydrogen-bond donors (Lipinski definition) is 0. The van der Waals surface area contributed by atoms with Gasteiger partial charge in [-0.1, -0.05) is 99.9 Å². The maximum absolute atomic E-state index is 2.49. The third-order valence-electron chi connectivity index (χ3n) is 4.34. The molecule has 1 aliphatic rings. The second kappa shape index (κ2) is 10.9. The SMILES string of the molecule is CCCCCC1CCC([B]c2ccccc2)CC1.O.O. The van der Waals surface area contributed by atoms with Gasteiger partial charge in [0.1, 0.15) is 0 Å². The van der Waals surface area contributed by atoms with Crippen LogP contribution in [0.15, 0.2) is 30.3 Å². The van der Waals surface area contributed by atoms with E-state index in [4.69, 9.17) is 0 Å². The molecule has 0 atom stereocenters. The van der Waals surface area contributed by atoms with Crippen molar-refractivity contribution in [2.45, 2.75) is 64.1 Å². The van der Waals surface area contributed by atoms with Crippen molar-refractivity contribution in [3.8, 4) is 0 Å². The number of benzene rings is 1. The van der Waals surface area contributed by atoms with Crippen molar-refractivity contribution >= 4 is 12.7 Å². The summed E-state index contributed by atoms with van der Waals surface area (Å²) in [5, 5.41) is 0. The van der Waals surface area contributed by atoms with Gasteiger partial charge in [0, 0.05) is 0 Å². The van der Waals surface area contributed by atoms with Crippen LogP contribution in [-0.4, -0.2) is 18.2 Å². The lowest BCUT2D eigenvalue weighted by atomic mass is 9.54. The van der Waals surface area contributed by atoms with Crippen LogP contribution in [0.5, 0.6) is 0 Å². The van der Waals surface area contributed by atoms with Gasteiger partial charge >= 0.3 is 0 Å². The van der Waals surface area contributed by atoms with Gasteiger partial charge in [0.05, 0.1) is 0 Å². The Hall–Kier alpha value is -0.795. The molecule has 0 bridgehead atoms. The van der Waals surface area contributed by atoms with Gasteiger partial charge in [-0.25, -0.2) is 0 Å². The maximum atomic E-state index is 2.49. The van der Waals surface area contributed by atoms with Crippen LogP contribution in [0.1, 0.15) is 58.3 Å². The highest BCUT2D eigenvalue weighted by Crippen LogP contribution is 2.34. The molecule has 0 unspecified atom stereocenters. The van der Waals surface area contributed by atoms with E-state index < -0.39 is 0 Å². The molecule has 4 N–H and O–H groups in total. The van der Waals surface area contributed by atoms with Gasteiger partial charge < -0.3 is 11.0 Å². The molecule has 0 spiro atoms. The predicted octanol–water partition coefficient (Wildman–Crippen LogP) is 2.93. The lowest BCUT2D eigenvalue weighted by molar-refractivity contribution is 0.329. The highest BCUT2D eigenvalue weighted by Gasteiger charge is 2.21. The molecule has 3 heteroatoms. The topological polar surface area (TPSA) is 63.0 Å². The maximum Gasteiger partial charge on any atom is 0.154 e. The molecular weight excluding hydrogens is 247 g/mol. The van der Waals surface area contributed by atoms with Crippen LogP contribution in [-0.2, 0) is 0 Å². The summed E-state index contributed by atoms with van der Waals surface area (Å²) in [7, 11) is 2.49. The molecule has 20 heavy (non-hydrogen) atoms. The summed E-state index contributed by atoms with van der Waals surface area (Å²) in [6.07, 6.45) is 11.4. The van der Waals surface area contributed by atoms with Gasteiger partial charge in [-0.15, -0.1) is 0 Å². The molecule has 1 saturated carbocycles. The average Bonchev–Trinajstić information content (AvgIpc) is 2.42. The fourth-order valence-corrected chi connectivity index (χ4v) is 3.16. The molecule has 113 valence electrons. The van der Waals surface area contributed by atoms with Crippen molar-refractivity contribution in [2.75, 3.05) is 0 Å². The summed E-state index contributed by atoms with van der Waals surface area (Å²) in [5.74, 6) is 1.85. The van der Waals surface area contributed by atoms with E-state index in [1.807, 2.05) is 0 Å². The van der Waals surface area contributed by atoms with Crippen molar-refractivity contribution < 1.29 is 11.0 Å². The minimum absolute atomic E-state index is 0. The van der Waals surface area contributed by atoms with Crippen molar-refractivity contribution in [3.63, 3.8) is 0 Å². The van der Waals surface area contributed by atoms with Gasteiger partial charge in [-0.05, 0) is 5.92 Å². The van der Waals surface area contributed by atoms with Crippen LogP contribution in [0.25, 0.3) is 0 Å². The van der Waals surface area contributed by atoms with E-state index in [1.54, 1.807) is 0 Å². The normalized spacial score (nSPS) is 21.4.